The maximum Gasteiger partial charge on any atom is 1.00 e. The first kappa shape index (κ1) is 24.0. The van der Waals surface area contributed by atoms with Crippen molar-refractivity contribution in [3.05, 3.63) is 48.0 Å². The Hall–Kier alpha value is -1.05. The van der Waals surface area contributed by atoms with Gasteiger partial charge in [-0.25, -0.2) is 0 Å². The number of hydrogen-bond donors (Lipinski definition) is 1. The zero-order valence-corrected chi connectivity index (χ0v) is 18.8. The predicted octanol–water partition coefficient (Wildman–Crippen LogP) is 1.71. The Morgan fingerprint density at radius 1 is 0.963 bits per heavy atom. The summed E-state index contributed by atoms with van der Waals surface area (Å²) in [7, 11) is -4.39. The Bertz CT molecular complexity index is 804. The molecule has 0 bridgehead atoms. The number of ether oxygens (including phenoxy) is 1. The summed E-state index contributed by atoms with van der Waals surface area (Å²) in [5, 5.41) is 11.9. The molecule has 0 heterocycles. The van der Waals surface area contributed by atoms with Gasteiger partial charge < -0.3 is 9.84 Å². The predicted molar refractivity (Wildman–Crippen MR) is 99.3 cm³/mol. The average Bonchev–Trinajstić information content (AvgIpc) is 2.60. The van der Waals surface area contributed by atoms with E-state index in [4.69, 9.17) is 9.29 Å². The molecule has 0 radical (unpaired) electrons. The van der Waals surface area contributed by atoms with Crippen molar-refractivity contribution in [1.29, 1.82) is 0 Å². The number of aryl methyl sites for hydroxylation is 1. The fourth-order valence-electron chi connectivity index (χ4n) is 2.69. The van der Waals surface area contributed by atoms with Gasteiger partial charge in [0.05, 0.1) is 4.90 Å². The Kier molecular flexibility index (Phi) is 10.4. The van der Waals surface area contributed by atoms with Crippen LogP contribution in [0.25, 0.3) is 0 Å². The van der Waals surface area contributed by atoms with Gasteiger partial charge in [0.25, 0.3) is 10.1 Å². The first-order valence-corrected chi connectivity index (χ1v) is 10.4. The van der Waals surface area contributed by atoms with Crippen LogP contribution < -0.4 is 39.4 Å². The Labute approximate surface area is 183 Å². The van der Waals surface area contributed by atoms with E-state index in [1.807, 2.05) is 12.1 Å². The molecular weight excluding hydrogens is 375 g/mol. The van der Waals surface area contributed by atoms with E-state index >= 15 is 0 Å². The Morgan fingerprint density at radius 3 is 2.19 bits per heavy atom. The summed E-state index contributed by atoms with van der Waals surface area (Å²) in [5.74, 6) is -0.0780. The van der Waals surface area contributed by atoms with Gasteiger partial charge in [0.1, 0.15) is 11.5 Å². The SMILES string of the molecule is CCCCCCCCc1ccc(Oc2ccc(S(=O)(=O)O)cc2[O-])cc1.[Na+]. The van der Waals surface area contributed by atoms with E-state index in [2.05, 4.69) is 6.92 Å². The van der Waals surface area contributed by atoms with E-state index in [1.165, 1.54) is 43.7 Å². The average molecular weight is 400 g/mol. The summed E-state index contributed by atoms with van der Waals surface area (Å²) in [6, 6.07) is 10.8. The van der Waals surface area contributed by atoms with Gasteiger partial charge in [0.2, 0.25) is 0 Å². The smallest absolute Gasteiger partial charge is 0.870 e. The van der Waals surface area contributed by atoms with Crippen LogP contribution in [0.4, 0.5) is 0 Å². The van der Waals surface area contributed by atoms with Crippen LogP contribution in [0.5, 0.6) is 17.2 Å². The molecule has 0 aliphatic carbocycles. The van der Waals surface area contributed by atoms with E-state index < -0.39 is 20.8 Å². The first-order valence-electron chi connectivity index (χ1n) is 8.95. The van der Waals surface area contributed by atoms with Crippen molar-refractivity contribution >= 4 is 10.1 Å². The van der Waals surface area contributed by atoms with E-state index in [9.17, 15) is 13.5 Å². The molecule has 0 amide bonds. The third kappa shape index (κ3) is 8.23. The van der Waals surface area contributed by atoms with Crippen LogP contribution in [0, 0.1) is 0 Å². The fourth-order valence-corrected chi connectivity index (χ4v) is 3.19. The minimum atomic E-state index is -4.39. The molecule has 7 heteroatoms. The van der Waals surface area contributed by atoms with Gasteiger partial charge in [-0.3, -0.25) is 4.55 Å². The van der Waals surface area contributed by atoms with Crippen molar-refractivity contribution in [2.75, 3.05) is 0 Å². The summed E-state index contributed by atoms with van der Waals surface area (Å²) < 4.78 is 36.5. The minimum absolute atomic E-state index is 0. The molecule has 0 fully saturated rings. The monoisotopic (exact) mass is 400 g/mol. The number of hydrogen-bond acceptors (Lipinski definition) is 4. The van der Waals surface area contributed by atoms with Crippen molar-refractivity contribution in [1.82, 2.24) is 0 Å². The van der Waals surface area contributed by atoms with E-state index in [1.54, 1.807) is 12.1 Å². The molecule has 1 N–H and O–H groups in total. The molecule has 0 aromatic heterocycles. The molecule has 142 valence electrons. The van der Waals surface area contributed by atoms with Crippen molar-refractivity contribution in [2.45, 2.75) is 56.8 Å². The third-order valence-electron chi connectivity index (χ3n) is 4.18. The molecule has 5 nitrogen and oxygen atoms in total. The van der Waals surface area contributed by atoms with Crippen LogP contribution in [0.1, 0.15) is 51.0 Å². The summed E-state index contributed by atoms with van der Waals surface area (Å²) in [4.78, 5) is -0.441. The molecule has 0 saturated heterocycles. The van der Waals surface area contributed by atoms with Gasteiger partial charge in [-0.2, -0.15) is 8.42 Å². The van der Waals surface area contributed by atoms with Crippen molar-refractivity contribution < 1.29 is 52.4 Å². The standard InChI is InChI=1S/C20H26O5S.Na/c1-2-3-4-5-6-7-8-16-9-11-17(12-10-16)25-20-14-13-18(15-19(20)21)26(22,23)24;/h9-15,21H,2-8H2,1H3,(H,22,23,24);/q;+1/p-1. The van der Waals surface area contributed by atoms with Crippen LogP contribution in [0.15, 0.2) is 47.4 Å². The zero-order chi connectivity index (χ0) is 19.0. The molecule has 0 aliphatic heterocycles. The maximum absolute atomic E-state index is 11.9. The second-order valence-corrected chi connectivity index (χ2v) is 7.77. The van der Waals surface area contributed by atoms with Crippen molar-refractivity contribution in [2.24, 2.45) is 0 Å². The van der Waals surface area contributed by atoms with Crippen LogP contribution in [0.2, 0.25) is 0 Å². The van der Waals surface area contributed by atoms with Crippen LogP contribution >= 0.6 is 0 Å². The molecule has 0 aliphatic rings. The topological polar surface area (TPSA) is 86.7 Å². The van der Waals surface area contributed by atoms with Gasteiger partial charge in [-0.15, -0.1) is 0 Å². The maximum atomic E-state index is 11.9. The Morgan fingerprint density at radius 2 is 1.59 bits per heavy atom. The molecular formula is C20H25NaO5S. The third-order valence-corrected chi connectivity index (χ3v) is 5.03. The van der Waals surface area contributed by atoms with Gasteiger partial charge in [-0.05, 0) is 48.7 Å². The first-order chi connectivity index (χ1) is 12.4. The summed E-state index contributed by atoms with van der Waals surface area (Å²) in [5.41, 5.74) is 1.22. The van der Waals surface area contributed by atoms with Gasteiger partial charge in [-0.1, -0.05) is 56.9 Å². The zero-order valence-electron chi connectivity index (χ0n) is 16.0. The van der Waals surface area contributed by atoms with Gasteiger partial charge in [0, 0.05) is 0 Å². The second-order valence-electron chi connectivity index (χ2n) is 6.35. The van der Waals surface area contributed by atoms with Crippen LogP contribution in [0.3, 0.4) is 0 Å². The molecule has 2 aromatic rings. The minimum Gasteiger partial charge on any atom is -0.870 e. The second kappa shape index (κ2) is 11.7. The van der Waals surface area contributed by atoms with E-state index in [-0.39, 0.29) is 35.3 Å². The number of unbranched alkanes of at least 4 members (excludes halogenated alkanes) is 5. The molecule has 0 saturated carbocycles. The van der Waals surface area contributed by atoms with Gasteiger partial charge >= 0.3 is 29.6 Å². The molecule has 2 rings (SSSR count). The molecule has 0 unspecified atom stereocenters. The molecule has 2 aromatic carbocycles. The number of rotatable bonds is 10. The van der Waals surface area contributed by atoms with Crippen molar-refractivity contribution in [3.63, 3.8) is 0 Å². The van der Waals surface area contributed by atoms with E-state index in [0.29, 0.717) is 5.75 Å². The molecule has 0 spiro atoms. The Balaban J connectivity index is 0.00000364. The van der Waals surface area contributed by atoms with Crippen molar-refractivity contribution in [3.8, 4) is 17.2 Å². The normalized spacial score (nSPS) is 11.0. The van der Waals surface area contributed by atoms with Crippen LogP contribution in [-0.2, 0) is 16.5 Å². The summed E-state index contributed by atoms with van der Waals surface area (Å²) >= 11 is 0. The molecule has 0 atom stereocenters. The quantitative estimate of drug-likeness (QED) is 0.373. The number of benzene rings is 2. The summed E-state index contributed by atoms with van der Waals surface area (Å²) in [6.07, 6.45) is 8.55. The summed E-state index contributed by atoms with van der Waals surface area (Å²) in [6.45, 7) is 2.21. The van der Waals surface area contributed by atoms with Gasteiger partial charge in [0.15, 0.2) is 0 Å². The largest absolute Gasteiger partial charge is 1.00 e. The van der Waals surface area contributed by atoms with Crippen LogP contribution in [-0.4, -0.2) is 13.0 Å². The fraction of sp³-hybridized carbons (Fsp3) is 0.400. The van der Waals surface area contributed by atoms with E-state index in [0.717, 1.165) is 25.0 Å². The molecule has 27 heavy (non-hydrogen) atoms.